The van der Waals surface area contributed by atoms with Gasteiger partial charge in [-0.3, -0.25) is 15.2 Å². The Morgan fingerprint density at radius 2 is 1.76 bits per heavy atom. The SMILES string of the molecule is Br.Br.N=C(N)NCCCN(CCCN=C(N)N)C(=O)CCl. The molecule has 0 aliphatic heterocycles. The molecule has 0 rings (SSSR count). The average molecular weight is 454 g/mol. The molecule has 0 saturated carbocycles. The van der Waals surface area contributed by atoms with E-state index in [1.54, 1.807) is 4.90 Å². The summed E-state index contributed by atoms with van der Waals surface area (Å²) in [6.07, 6.45) is 1.35. The molecule has 8 nitrogen and oxygen atoms in total. The van der Waals surface area contributed by atoms with E-state index in [1.165, 1.54) is 0 Å². The van der Waals surface area contributed by atoms with Gasteiger partial charge in [-0.25, -0.2) is 0 Å². The van der Waals surface area contributed by atoms with E-state index in [4.69, 9.17) is 34.2 Å². The number of amides is 1. The van der Waals surface area contributed by atoms with Gasteiger partial charge in [0, 0.05) is 26.2 Å². The molecule has 0 aromatic rings. The summed E-state index contributed by atoms with van der Waals surface area (Å²) in [5, 5.41) is 9.68. The van der Waals surface area contributed by atoms with Gasteiger partial charge in [-0.2, -0.15) is 0 Å². The number of carbonyl (C=O) groups excluding carboxylic acids is 1. The van der Waals surface area contributed by atoms with Crippen LogP contribution in [0.25, 0.3) is 0 Å². The van der Waals surface area contributed by atoms with Crippen molar-refractivity contribution in [2.75, 3.05) is 32.1 Å². The summed E-state index contributed by atoms with van der Waals surface area (Å²) in [6.45, 7) is 2.10. The van der Waals surface area contributed by atoms with E-state index in [9.17, 15) is 4.79 Å². The fourth-order valence-corrected chi connectivity index (χ4v) is 1.58. The van der Waals surface area contributed by atoms with Crippen LogP contribution in [0.15, 0.2) is 4.99 Å². The van der Waals surface area contributed by atoms with Crippen LogP contribution in [-0.2, 0) is 4.79 Å². The van der Waals surface area contributed by atoms with Crippen molar-refractivity contribution in [1.82, 2.24) is 10.2 Å². The summed E-state index contributed by atoms with van der Waals surface area (Å²) in [7, 11) is 0. The number of alkyl halides is 1. The predicted molar refractivity (Wildman–Crippen MR) is 97.8 cm³/mol. The lowest BCUT2D eigenvalue weighted by Crippen LogP contribution is -2.37. The molecule has 0 aliphatic rings. The van der Waals surface area contributed by atoms with Gasteiger partial charge in [-0.15, -0.1) is 45.6 Å². The fourth-order valence-electron chi connectivity index (χ4n) is 1.41. The first kappa shape index (κ1) is 25.2. The summed E-state index contributed by atoms with van der Waals surface area (Å²) >= 11 is 5.54. The maximum absolute atomic E-state index is 11.6. The Morgan fingerprint density at radius 3 is 2.24 bits per heavy atom. The van der Waals surface area contributed by atoms with Crippen molar-refractivity contribution in [1.29, 1.82) is 5.41 Å². The minimum Gasteiger partial charge on any atom is -0.370 e. The number of nitrogens with zero attached hydrogens (tertiary/aromatic N) is 2. The lowest BCUT2D eigenvalue weighted by molar-refractivity contribution is -0.128. The first-order valence-corrected chi connectivity index (χ1v) is 6.47. The monoisotopic (exact) mass is 451 g/mol. The summed E-state index contributed by atoms with van der Waals surface area (Å²) in [6, 6.07) is 0. The van der Waals surface area contributed by atoms with Crippen LogP contribution in [0, 0.1) is 5.41 Å². The van der Waals surface area contributed by atoms with Gasteiger partial charge in [0.2, 0.25) is 5.91 Å². The Morgan fingerprint density at radius 1 is 1.19 bits per heavy atom. The highest BCUT2D eigenvalue weighted by Crippen LogP contribution is 1.98. The van der Waals surface area contributed by atoms with Crippen molar-refractivity contribution in [3.63, 3.8) is 0 Å². The lowest BCUT2D eigenvalue weighted by atomic mass is 10.3. The molecule has 0 aliphatic carbocycles. The molecule has 0 aromatic carbocycles. The number of hydrogen-bond donors (Lipinski definition) is 5. The summed E-state index contributed by atoms with van der Waals surface area (Å²) < 4.78 is 0. The molecule has 0 fully saturated rings. The maximum Gasteiger partial charge on any atom is 0.237 e. The topological polar surface area (TPSA) is 147 Å². The zero-order chi connectivity index (χ0) is 14.7. The van der Waals surface area contributed by atoms with E-state index in [2.05, 4.69) is 10.3 Å². The van der Waals surface area contributed by atoms with Crippen molar-refractivity contribution < 1.29 is 4.79 Å². The van der Waals surface area contributed by atoms with Crippen LogP contribution in [0.2, 0.25) is 0 Å². The van der Waals surface area contributed by atoms with Crippen LogP contribution in [0.3, 0.4) is 0 Å². The molecule has 0 spiro atoms. The molecule has 0 saturated heterocycles. The lowest BCUT2D eigenvalue weighted by Gasteiger charge is -2.21. The zero-order valence-electron chi connectivity index (χ0n) is 11.7. The van der Waals surface area contributed by atoms with E-state index < -0.39 is 0 Å². The molecule has 8 N–H and O–H groups in total. The molecule has 0 heterocycles. The number of carbonyl (C=O) groups is 1. The number of rotatable bonds is 9. The van der Waals surface area contributed by atoms with Gasteiger partial charge in [-0.05, 0) is 12.8 Å². The molecule has 126 valence electrons. The molecular weight excluding hydrogens is 429 g/mol. The van der Waals surface area contributed by atoms with Gasteiger partial charge in [0.1, 0.15) is 5.88 Å². The minimum absolute atomic E-state index is 0. The van der Waals surface area contributed by atoms with Crippen molar-refractivity contribution in [2.24, 2.45) is 22.2 Å². The Kier molecular flexibility index (Phi) is 18.8. The number of nitrogens with two attached hydrogens (primary N) is 3. The number of guanidine groups is 2. The number of hydrogen-bond acceptors (Lipinski definition) is 3. The third kappa shape index (κ3) is 15.5. The molecule has 0 atom stereocenters. The second-order valence-electron chi connectivity index (χ2n) is 3.87. The van der Waals surface area contributed by atoms with Crippen LogP contribution in [0.5, 0.6) is 0 Å². The number of halogens is 3. The highest BCUT2D eigenvalue weighted by Gasteiger charge is 2.11. The van der Waals surface area contributed by atoms with E-state index in [1.807, 2.05) is 0 Å². The third-order valence-corrected chi connectivity index (χ3v) is 2.50. The van der Waals surface area contributed by atoms with E-state index in [0.717, 1.165) is 0 Å². The Balaban J connectivity index is -0.00000162. The predicted octanol–water partition coefficient (Wildman–Crippen LogP) is -0.254. The Bertz CT molecular complexity index is 327. The molecule has 0 aromatic heterocycles. The molecule has 0 radical (unpaired) electrons. The van der Waals surface area contributed by atoms with Crippen molar-refractivity contribution in [2.45, 2.75) is 12.8 Å². The van der Waals surface area contributed by atoms with Gasteiger partial charge in [0.15, 0.2) is 11.9 Å². The first-order chi connectivity index (χ1) is 8.97. The fraction of sp³-hybridized carbons (Fsp3) is 0.700. The summed E-state index contributed by atoms with van der Waals surface area (Å²) in [5.74, 6) is -0.222. The third-order valence-electron chi connectivity index (χ3n) is 2.27. The first-order valence-electron chi connectivity index (χ1n) is 5.94. The van der Waals surface area contributed by atoms with E-state index in [-0.39, 0.29) is 57.7 Å². The van der Waals surface area contributed by atoms with E-state index in [0.29, 0.717) is 39.0 Å². The zero-order valence-corrected chi connectivity index (χ0v) is 15.9. The van der Waals surface area contributed by atoms with Crippen LogP contribution in [0.4, 0.5) is 0 Å². The van der Waals surface area contributed by atoms with Crippen molar-refractivity contribution in [3.05, 3.63) is 0 Å². The summed E-state index contributed by atoms with van der Waals surface area (Å²) in [5.41, 5.74) is 15.6. The second kappa shape index (κ2) is 15.6. The molecule has 21 heavy (non-hydrogen) atoms. The van der Waals surface area contributed by atoms with Crippen LogP contribution in [-0.4, -0.2) is 54.8 Å². The molecule has 11 heteroatoms. The highest BCUT2D eigenvalue weighted by molar-refractivity contribution is 8.93. The van der Waals surface area contributed by atoms with Gasteiger partial charge in [0.25, 0.3) is 0 Å². The standard InChI is InChI=1S/C10H22ClN7O.2BrH/c11-7-8(19)18(5-1-3-16-9(12)13)6-2-4-17-10(14)15;;/h1-7H2,(H4,12,13,16)(H4,14,15,17);2*1H. The molecular formula is C10H24Br2ClN7O. The number of nitrogens with one attached hydrogen (secondary N) is 2. The van der Waals surface area contributed by atoms with Crippen molar-refractivity contribution >= 4 is 63.4 Å². The molecule has 1 amide bonds. The minimum atomic E-state index is -0.130. The average Bonchev–Trinajstić information content (AvgIpc) is 2.35. The largest absolute Gasteiger partial charge is 0.370 e. The molecule has 0 unspecified atom stereocenters. The quantitative estimate of drug-likeness (QED) is 0.141. The number of aliphatic imine (C=N–C) groups is 1. The molecule has 0 bridgehead atoms. The Hall–Kier alpha value is -0.740. The highest BCUT2D eigenvalue weighted by atomic mass is 79.9. The normalized spacial score (nSPS) is 8.81. The van der Waals surface area contributed by atoms with Crippen molar-refractivity contribution in [3.8, 4) is 0 Å². The van der Waals surface area contributed by atoms with Gasteiger partial charge >= 0.3 is 0 Å². The maximum atomic E-state index is 11.6. The smallest absolute Gasteiger partial charge is 0.237 e. The van der Waals surface area contributed by atoms with Crippen LogP contribution < -0.4 is 22.5 Å². The second-order valence-corrected chi connectivity index (χ2v) is 4.14. The van der Waals surface area contributed by atoms with E-state index >= 15 is 0 Å². The van der Waals surface area contributed by atoms with Crippen LogP contribution >= 0.6 is 45.6 Å². The van der Waals surface area contributed by atoms with Gasteiger partial charge < -0.3 is 27.4 Å². The summed E-state index contributed by atoms with van der Waals surface area (Å²) in [4.78, 5) is 17.1. The van der Waals surface area contributed by atoms with Crippen LogP contribution in [0.1, 0.15) is 12.8 Å². The Labute approximate surface area is 150 Å². The van der Waals surface area contributed by atoms with Gasteiger partial charge in [-0.1, -0.05) is 0 Å². The van der Waals surface area contributed by atoms with Gasteiger partial charge in [0.05, 0.1) is 0 Å².